The van der Waals surface area contributed by atoms with Crippen LogP contribution < -0.4 is 21.7 Å². The predicted molar refractivity (Wildman–Crippen MR) is 211 cm³/mol. The fourth-order valence-electron chi connectivity index (χ4n) is 4.64. The third kappa shape index (κ3) is 12.0. The molecule has 5 N–H and O–H groups in total. The van der Waals surface area contributed by atoms with Gasteiger partial charge in [0.25, 0.3) is 0 Å². The van der Waals surface area contributed by atoms with Crippen molar-refractivity contribution in [1.29, 1.82) is 0 Å². The Kier molecular flexibility index (Phi) is 12.8. The standard InChI is InChI=1S/C21H23N3.C12H12N2.C9H12ClN/c1-21(2,3)16-13-14-22-20(15-16)24-19-12-8-7-11-18(19)23-17-9-5-4-6-10-17;13-11-8-4-5-9-12(11)14-10-6-2-1-3-7-10;1-9(2,3)7-4-5-11-8(10)6-7/h4-15,23H,1-3H3,(H,22,24);1-9,14H,13H2;4-6H,1-3H3. The Labute approximate surface area is 296 Å². The van der Waals surface area contributed by atoms with Crippen LogP contribution in [0.4, 0.5) is 39.9 Å². The lowest BCUT2D eigenvalue weighted by molar-refractivity contribution is 0.589. The van der Waals surface area contributed by atoms with Gasteiger partial charge in [-0.3, -0.25) is 0 Å². The number of nitrogens with zero attached hydrogens (tertiary/aromatic N) is 2. The summed E-state index contributed by atoms with van der Waals surface area (Å²) in [5, 5.41) is 10.7. The zero-order chi connectivity index (χ0) is 35.3. The summed E-state index contributed by atoms with van der Waals surface area (Å²) in [6, 6.07) is 44.1. The van der Waals surface area contributed by atoms with Crippen molar-refractivity contribution < 1.29 is 0 Å². The SMILES string of the molecule is CC(C)(C)c1ccnc(Cl)c1.CC(C)(C)c1ccnc(Nc2ccccc2Nc2ccccc2)c1.Nc1ccccc1Nc1ccccc1. The highest BCUT2D eigenvalue weighted by molar-refractivity contribution is 6.29. The first-order valence-electron chi connectivity index (χ1n) is 16.3. The summed E-state index contributed by atoms with van der Waals surface area (Å²) in [4.78, 5) is 8.38. The molecule has 6 rings (SSSR count). The molecule has 0 spiro atoms. The number of nitrogen functional groups attached to an aromatic ring is 1. The molecule has 49 heavy (non-hydrogen) atoms. The van der Waals surface area contributed by atoms with E-state index in [2.05, 4.69) is 104 Å². The molecule has 0 aliphatic heterocycles. The smallest absolute Gasteiger partial charge is 0.130 e. The molecule has 0 saturated heterocycles. The molecule has 0 unspecified atom stereocenters. The third-order valence-electron chi connectivity index (χ3n) is 7.47. The fourth-order valence-corrected chi connectivity index (χ4v) is 4.81. The molecule has 6 aromatic rings. The third-order valence-corrected chi connectivity index (χ3v) is 7.68. The number of hydrogen-bond donors (Lipinski definition) is 4. The zero-order valence-electron chi connectivity index (χ0n) is 29.2. The van der Waals surface area contributed by atoms with E-state index in [1.807, 2.05) is 103 Å². The maximum Gasteiger partial charge on any atom is 0.130 e. The van der Waals surface area contributed by atoms with Crippen molar-refractivity contribution in [3.63, 3.8) is 0 Å². The van der Waals surface area contributed by atoms with Crippen LogP contribution in [0.15, 0.2) is 146 Å². The van der Waals surface area contributed by atoms with Crippen LogP contribution in [0, 0.1) is 0 Å². The second-order valence-corrected chi connectivity index (χ2v) is 13.9. The van der Waals surface area contributed by atoms with E-state index in [9.17, 15) is 0 Å². The zero-order valence-corrected chi connectivity index (χ0v) is 30.0. The quantitative estimate of drug-likeness (QED) is 0.104. The van der Waals surface area contributed by atoms with E-state index in [1.165, 1.54) is 11.1 Å². The van der Waals surface area contributed by atoms with Gasteiger partial charge in [0.05, 0.1) is 22.7 Å². The van der Waals surface area contributed by atoms with Crippen LogP contribution in [0.2, 0.25) is 5.15 Å². The highest BCUT2D eigenvalue weighted by Gasteiger charge is 2.15. The maximum atomic E-state index is 5.81. The van der Waals surface area contributed by atoms with Crippen molar-refractivity contribution in [2.45, 2.75) is 52.4 Å². The summed E-state index contributed by atoms with van der Waals surface area (Å²) < 4.78 is 0. The number of para-hydroxylation sites is 6. The molecule has 7 heteroatoms. The molecule has 0 radical (unpaired) electrons. The monoisotopic (exact) mass is 670 g/mol. The Hall–Kier alpha value is -5.33. The van der Waals surface area contributed by atoms with Crippen LogP contribution in [0.5, 0.6) is 0 Å². The van der Waals surface area contributed by atoms with Crippen molar-refractivity contribution in [3.05, 3.63) is 162 Å². The minimum absolute atomic E-state index is 0.0984. The van der Waals surface area contributed by atoms with Crippen molar-refractivity contribution >= 4 is 51.5 Å². The molecule has 0 bridgehead atoms. The number of anilines is 7. The van der Waals surface area contributed by atoms with Gasteiger partial charge in [-0.15, -0.1) is 0 Å². The van der Waals surface area contributed by atoms with Crippen molar-refractivity contribution in [1.82, 2.24) is 9.97 Å². The molecule has 2 heterocycles. The molecule has 4 aromatic carbocycles. The molecule has 0 fully saturated rings. The van der Waals surface area contributed by atoms with Crippen molar-refractivity contribution in [2.24, 2.45) is 0 Å². The van der Waals surface area contributed by atoms with Gasteiger partial charge in [0.1, 0.15) is 11.0 Å². The molecular weight excluding hydrogens is 624 g/mol. The van der Waals surface area contributed by atoms with Gasteiger partial charge in [0.2, 0.25) is 0 Å². The van der Waals surface area contributed by atoms with Gasteiger partial charge in [0, 0.05) is 23.8 Å². The number of halogens is 1. The normalized spacial score (nSPS) is 10.8. The lowest BCUT2D eigenvalue weighted by Gasteiger charge is -2.20. The summed E-state index contributed by atoms with van der Waals surface area (Å²) in [6.07, 6.45) is 3.60. The Morgan fingerprint density at radius 3 is 1.41 bits per heavy atom. The fraction of sp³-hybridized carbons (Fsp3) is 0.190. The van der Waals surface area contributed by atoms with Crippen molar-refractivity contribution in [3.8, 4) is 0 Å². The summed E-state index contributed by atoms with van der Waals surface area (Å²) in [5.74, 6) is 0.852. The molecule has 0 aliphatic rings. The average molecular weight is 671 g/mol. The predicted octanol–water partition coefficient (Wildman–Crippen LogP) is 11.9. The number of nitrogens with one attached hydrogen (secondary N) is 3. The molecule has 6 nitrogen and oxygen atoms in total. The average Bonchev–Trinajstić information content (AvgIpc) is 3.08. The Balaban J connectivity index is 0.000000183. The molecule has 252 valence electrons. The molecular formula is C42H47ClN6. The highest BCUT2D eigenvalue weighted by atomic mass is 35.5. The van der Waals surface area contributed by atoms with Crippen LogP contribution in [0.25, 0.3) is 0 Å². The highest BCUT2D eigenvalue weighted by Crippen LogP contribution is 2.30. The van der Waals surface area contributed by atoms with Gasteiger partial charge in [0.15, 0.2) is 0 Å². The second-order valence-electron chi connectivity index (χ2n) is 13.5. The van der Waals surface area contributed by atoms with Crippen LogP contribution in [-0.2, 0) is 10.8 Å². The van der Waals surface area contributed by atoms with Crippen LogP contribution >= 0.6 is 11.6 Å². The first-order valence-corrected chi connectivity index (χ1v) is 16.7. The number of aromatic nitrogens is 2. The van der Waals surface area contributed by atoms with Gasteiger partial charge < -0.3 is 21.7 Å². The van der Waals surface area contributed by atoms with E-state index in [-0.39, 0.29) is 10.8 Å². The van der Waals surface area contributed by atoms with Crippen molar-refractivity contribution in [2.75, 3.05) is 21.7 Å². The molecule has 2 aromatic heterocycles. The summed E-state index contributed by atoms with van der Waals surface area (Å²) in [7, 11) is 0. The van der Waals surface area contributed by atoms with E-state index < -0.39 is 0 Å². The van der Waals surface area contributed by atoms with Crippen LogP contribution in [-0.4, -0.2) is 9.97 Å². The molecule has 0 atom stereocenters. The van der Waals surface area contributed by atoms with Gasteiger partial charge >= 0.3 is 0 Å². The number of nitrogens with two attached hydrogens (primary N) is 1. The lowest BCUT2D eigenvalue weighted by Crippen LogP contribution is -2.11. The van der Waals surface area contributed by atoms with Gasteiger partial charge in [-0.05, 0) is 94.8 Å². The Bertz CT molecular complexity index is 1880. The molecule has 0 amide bonds. The second kappa shape index (κ2) is 17.2. The maximum absolute atomic E-state index is 5.81. The number of benzene rings is 4. The van der Waals surface area contributed by atoms with Gasteiger partial charge in [-0.2, -0.15) is 0 Å². The lowest BCUT2D eigenvalue weighted by atomic mass is 9.88. The largest absolute Gasteiger partial charge is 0.397 e. The number of rotatable bonds is 6. The first-order chi connectivity index (χ1) is 23.4. The molecule has 0 aliphatic carbocycles. The van der Waals surface area contributed by atoms with Gasteiger partial charge in [-0.1, -0.05) is 114 Å². The minimum Gasteiger partial charge on any atom is -0.397 e. The summed E-state index contributed by atoms with van der Waals surface area (Å²) in [5.41, 5.74) is 14.4. The number of hydrogen-bond acceptors (Lipinski definition) is 6. The van der Waals surface area contributed by atoms with E-state index >= 15 is 0 Å². The Morgan fingerprint density at radius 2 is 0.918 bits per heavy atom. The van der Waals surface area contributed by atoms with Crippen LogP contribution in [0.1, 0.15) is 52.7 Å². The topological polar surface area (TPSA) is 87.9 Å². The van der Waals surface area contributed by atoms with E-state index in [0.717, 1.165) is 39.9 Å². The number of pyridine rings is 2. The first kappa shape index (κ1) is 36.5. The molecule has 0 saturated carbocycles. The van der Waals surface area contributed by atoms with Gasteiger partial charge in [-0.25, -0.2) is 9.97 Å². The van der Waals surface area contributed by atoms with E-state index in [1.54, 1.807) is 6.20 Å². The Morgan fingerprint density at radius 1 is 0.490 bits per heavy atom. The van der Waals surface area contributed by atoms with E-state index in [0.29, 0.717) is 5.15 Å². The summed E-state index contributed by atoms with van der Waals surface area (Å²) in [6.45, 7) is 13.1. The van der Waals surface area contributed by atoms with Crippen LogP contribution in [0.3, 0.4) is 0 Å². The summed E-state index contributed by atoms with van der Waals surface area (Å²) >= 11 is 5.74. The minimum atomic E-state index is 0.0984. The van der Waals surface area contributed by atoms with E-state index in [4.69, 9.17) is 17.3 Å².